The first-order chi connectivity index (χ1) is 13.5. The van der Waals surface area contributed by atoms with Gasteiger partial charge in [-0.3, -0.25) is 9.59 Å². The van der Waals surface area contributed by atoms with E-state index in [0.717, 1.165) is 5.56 Å². The average molecular weight is 384 g/mol. The van der Waals surface area contributed by atoms with Crippen LogP contribution in [0.2, 0.25) is 0 Å². The molecule has 1 aliphatic heterocycles. The third-order valence-corrected chi connectivity index (χ3v) is 4.12. The van der Waals surface area contributed by atoms with E-state index in [9.17, 15) is 14.4 Å². The molecule has 0 spiro atoms. The zero-order valence-electron chi connectivity index (χ0n) is 15.3. The van der Waals surface area contributed by atoms with Crippen molar-refractivity contribution < 1.29 is 29.0 Å². The second-order valence-corrected chi connectivity index (χ2v) is 6.15. The largest absolute Gasteiger partial charge is 0.490 e. The first-order valence-electron chi connectivity index (χ1n) is 8.82. The molecule has 28 heavy (non-hydrogen) atoms. The summed E-state index contributed by atoms with van der Waals surface area (Å²) in [6.07, 6.45) is 1.13. The highest BCUT2D eigenvalue weighted by Crippen LogP contribution is 2.30. The normalized spacial score (nSPS) is 12.5. The Morgan fingerprint density at radius 2 is 1.93 bits per heavy atom. The predicted molar refractivity (Wildman–Crippen MR) is 102 cm³/mol. The van der Waals surface area contributed by atoms with Crippen LogP contribution in [-0.2, 0) is 16.0 Å². The van der Waals surface area contributed by atoms with Gasteiger partial charge in [0, 0.05) is 23.4 Å². The number of carbonyl (C=O) groups is 3. The van der Waals surface area contributed by atoms with Crippen molar-refractivity contribution in [1.82, 2.24) is 0 Å². The van der Waals surface area contributed by atoms with Gasteiger partial charge in [-0.05, 0) is 49.2 Å². The summed E-state index contributed by atoms with van der Waals surface area (Å²) in [5.41, 5.74) is 2.60. The molecule has 8 heteroatoms. The van der Waals surface area contributed by atoms with Gasteiger partial charge in [-0.15, -0.1) is 0 Å². The maximum atomic E-state index is 12.6. The summed E-state index contributed by atoms with van der Waals surface area (Å²) < 4.78 is 10.6. The molecule has 3 N–H and O–H groups in total. The highest BCUT2D eigenvalue weighted by Gasteiger charge is 2.17. The lowest BCUT2D eigenvalue weighted by Crippen LogP contribution is -2.19. The fraction of sp³-hybridized carbons (Fsp3) is 0.250. The second-order valence-electron chi connectivity index (χ2n) is 6.15. The summed E-state index contributed by atoms with van der Waals surface area (Å²) in [4.78, 5) is 34.8. The number of carbonyl (C=O) groups excluding carboxylic acids is 2. The number of aliphatic carboxylic acids is 1. The Balaban J connectivity index is 1.76. The van der Waals surface area contributed by atoms with Crippen molar-refractivity contribution in [3.63, 3.8) is 0 Å². The van der Waals surface area contributed by atoms with Gasteiger partial charge in [0.05, 0.1) is 6.61 Å². The molecule has 2 aromatic rings. The Kier molecular flexibility index (Phi) is 5.78. The van der Waals surface area contributed by atoms with E-state index in [1.807, 2.05) is 6.07 Å². The van der Waals surface area contributed by atoms with Gasteiger partial charge in [0.1, 0.15) is 0 Å². The lowest BCUT2D eigenvalue weighted by Gasteiger charge is -2.18. The molecule has 0 fully saturated rings. The first kappa shape index (κ1) is 19.2. The van der Waals surface area contributed by atoms with E-state index in [-0.39, 0.29) is 23.3 Å². The fourth-order valence-electron chi connectivity index (χ4n) is 2.83. The SMILES string of the molecule is CCOc1cc(C(=O)Nc2ccc3c(c2)NC(=O)CC3)ccc1OCC(=O)O. The van der Waals surface area contributed by atoms with Crippen LogP contribution in [0.4, 0.5) is 11.4 Å². The van der Waals surface area contributed by atoms with E-state index in [1.54, 1.807) is 19.1 Å². The minimum atomic E-state index is -1.11. The number of hydrogen-bond donors (Lipinski definition) is 3. The Hall–Kier alpha value is -3.55. The van der Waals surface area contributed by atoms with Crippen molar-refractivity contribution in [3.8, 4) is 11.5 Å². The number of rotatable bonds is 7. The van der Waals surface area contributed by atoms with Crippen molar-refractivity contribution >= 4 is 29.2 Å². The third-order valence-electron chi connectivity index (χ3n) is 4.12. The molecule has 1 heterocycles. The Bertz CT molecular complexity index is 925. The first-order valence-corrected chi connectivity index (χ1v) is 8.82. The third kappa shape index (κ3) is 4.59. The van der Waals surface area contributed by atoms with Crippen LogP contribution in [0.5, 0.6) is 11.5 Å². The number of ether oxygens (including phenoxy) is 2. The Morgan fingerprint density at radius 1 is 1.11 bits per heavy atom. The van der Waals surface area contributed by atoms with Crippen molar-refractivity contribution in [2.24, 2.45) is 0 Å². The van der Waals surface area contributed by atoms with Crippen LogP contribution in [0.1, 0.15) is 29.3 Å². The molecule has 0 radical (unpaired) electrons. The van der Waals surface area contributed by atoms with Crippen LogP contribution in [0.25, 0.3) is 0 Å². The van der Waals surface area contributed by atoms with Gasteiger partial charge in [-0.2, -0.15) is 0 Å². The van der Waals surface area contributed by atoms with Crippen LogP contribution in [0.3, 0.4) is 0 Å². The molecule has 1 aliphatic rings. The van der Waals surface area contributed by atoms with Crippen molar-refractivity contribution in [2.45, 2.75) is 19.8 Å². The van der Waals surface area contributed by atoms with E-state index in [1.165, 1.54) is 18.2 Å². The van der Waals surface area contributed by atoms with Crippen molar-refractivity contribution in [1.29, 1.82) is 0 Å². The van der Waals surface area contributed by atoms with Gasteiger partial charge in [-0.1, -0.05) is 6.07 Å². The lowest BCUT2D eigenvalue weighted by molar-refractivity contribution is -0.139. The molecule has 2 aromatic carbocycles. The number of aryl methyl sites for hydroxylation is 1. The van der Waals surface area contributed by atoms with Crippen LogP contribution in [0, 0.1) is 0 Å². The topological polar surface area (TPSA) is 114 Å². The molecule has 0 saturated heterocycles. The number of carboxylic acids is 1. The van der Waals surface area contributed by atoms with Gasteiger partial charge in [0.25, 0.3) is 5.91 Å². The number of benzene rings is 2. The van der Waals surface area contributed by atoms with Crippen molar-refractivity contribution in [2.75, 3.05) is 23.8 Å². The van der Waals surface area contributed by atoms with Crippen LogP contribution in [0.15, 0.2) is 36.4 Å². The Morgan fingerprint density at radius 3 is 2.68 bits per heavy atom. The number of fused-ring (bicyclic) bond motifs is 1. The Labute approximate surface area is 161 Å². The molecule has 3 rings (SSSR count). The molecule has 0 aliphatic carbocycles. The van der Waals surface area contributed by atoms with E-state index < -0.39 is 12.6 Å². The standard InChI is InChI=1S/C20H20N2O6/c1-2-27-17-9-13(4-7-16(17)28-11-19(24)25)20(26)21-14-6-3-12-5-8-18(23)22-15(12)10-14/h3-4,6-7,9-10H,2,5,8,11H2,1H3,(H,21,26)(H,22,23)(H,24,25). The minimum absolute atomic E-state index is 0.0470. The summed E-state index contributed by atoms with van der Waals surface area (Å²) >= 11 is 0. The zero-order valence-corrected chi connectivity index (χ0v) is 15.3. The van der Waals surface area contributed by atoms with Crippen LogP contribution < -0.4 is 20.1 Å². The number of anilines is 2. The number of amides is 2. The predicted octanol–water partition coefficient (Wildman–Crippen LogP) is 2.69. The van der Waals surface area contributed by atoms with E-state index in [0.29, 0.717) is 36.4 Å². The van der Waals surface area contributed by atoms with Crippen LogP contribution in [-0.4, -0.2) is 36.1 Å². The zero-order chi connectivity index (χ0) is 20.1. The summed E-state index contributed by atoms with van der Waals surface area (Å²) in [5.74, 6) is -0.989. The molecular weight excluding hydrogens is 364 g/mol. The van der Waals surface area contributed by atoms with Crippen LogP contribution >= 0.6 is 0 Å². The summed E-state index contributed by atoms with van der Waals surface area (Å²) in [6.45, 7) is 1.60. The summed E-state index contributed by atoms with van der Waals surface area (Å²) in [6, 6.07) is 9.89. The molecule has 0 saturated carbocycles. The maximum absolute atomic E-state index is 12.6. The highest BCUT2D eigenvalue weighted by atomic mass is 16.5. The molecule has 0 unspecified atom stereocenters. The summed E-state index contributed by atoms with van der Waals surface area (Å²) in [7, 11) is 0. The number of nitrogens with one attached hydrogen (secondary N) is 2. The van der Waals surface area contributed by atoms with Gasteiger partial charge in [0.15, 0.2) is 18.1 Å². The van der Waals surface area contributed by atoms with Gasteiger partial charge in [0.2, 0.25) is 5.91 Å². The quantitative estimate of drug-likeness (QED) is 0.676. The molecular formula is C20H20N2O6. The fourth-order valence-corrected chi connectivity index (χ4v) is 2.83. The smallest absolute Gasteiger partial charge is 0.341 e. The molecule has 146 valence electrons. The molecule has 0 atom stereocenters. The number of hydrogen-bond acceptors (Lipinski definition) is 5. The second kappa shape index (κ2) is 8.43. The molecule has 0 aromatic heterocycles. The van der Waals surface area contributed by atoms with E-state index in [2.05, 4.69) is 10.6 Å². The van der Waals surface area contributed by atoms with Gasteiger partial charge < -0.3 is 25.2 Å². The maximum Gasteiger partial charge on any atom is 0.341 e. The van der Waals surface area contributed by atoms with Crippen molar-refractivity contribution in [3.05, 3.63) is 47.5 Å². The molecule has 0 bridgehead atoms. The summed E-state index contributed by atoms with van der Waals surface area (Å²) in [5, 5.41) is 14.3. The highest BCUT2D eigenvalue weighted by molar-refractivity contribution is 6.05. The number of carboxylic acid groups (broad SMARTS) is 1. The monoisotopic (exact) mass is 384 g/mol. The van der Waals surface area contributed by atoms with E-state index in [4.69, 9.17) is 14.6 Å². The van der Waals surface area contributed by atoms with E-state index >= 15 is 0 Å². The average Bonchev–Trinajstić information content (AvgIpc) is 2.66. The lowest BCUT2D eigenvalue weighted by atomic mass is 10.0. The van der Waals surface area contributed by atoms with Gasteiger partial charge in [-0.25, -0.2) is 4.79 Å². The molecule has 8 nitrogen and oxygen atoms in total. The molecule has 2 amide bonds. The minimum Gasteiger partial charge on any atom is -0.490 e. The van der Waals surface area contributed by atoms with Gasteiger partial charge >= 0.3 is 5.97 Å².